The summed E-state index contributed by atoms with van der Waals surface area (Å²) in [6, 6.07) is 7.51. The second kappa shape index (κ2) is 5.67. The number of amides is 1. The van der Waals surface area contributed by atoms with E-state index in [1.165, 1.54) is 6.08 Å². The first-order valence-electron chi connectivity index (χ1n) is 6.74. The number of hydrogen-bond acceptors (Lipinski definition) is 3. The van der Waals surface area contributed by atoms with Crippen molar-refractivity contribution in [2.75, 3.05) is 7.11 Å². The van der Waals surface area contributed by atoms with Gasteiger partial charge in [-0.05, 0) is 30.2 Å². The monoisotopic (exact) mass is 275 g/mol. The quantitative estimate of drug-likeness (QED) is 0.826. The normalized spacial score (nSPS) is 24.2. The largest absolute Gasteiger partial charge is 0.497 e. The van der Waals surface area contributed by atoms with Gasteiger partial charge < -0.3 is 15.2 Å². The number of methoxy groups -OCH3 is 1. The molecule has 0 aliphatic heterocycles. The van der Waals surface area contributed by atoms with Gasteiger partial charge in [0.05, 0.1) is 13.2 Å². The Hall–Kier alpha value is -1.81. The number of hydrogen-bond donors (Lipinski definition) is 2. The summed E-state index contributed by atoms with van der Waals surface area (Å²) in [5.41, 5.74) is 0.692. The van der Waals surface area contributed by atoms with Gasteiger partial charge >= 0.3 is 0 Å². The summed E-state index contributed by atoms with van der Waals surface area (Å²) in [6.45, 7) is 3.92. The van der Waals surface area contributed by atoms with Crippen LogP contribution < -0.4 is 10.1 Å². The van der Waals surface area contributed by atoms with E-state index < -0.39 is 0 Å². The van der Waals surface area contributed by atoms with E-state index in [0.717, 1.165) is 11.3 Å². The molecule has 2 rings (SSSR count). The van der Waals surface area contributed by atoms with Crippen LogP contribution in [0.15, 0.2) is 30.3 Å². The van der Waals surface area contributed by atoms with Gasteiger partial charge in [-0.25, -0.2) is 0 Å². The maximum atomic E-state index is 11.8. The predicted molar refractivity (Wildman–Crippen MR) is 78.4 cm³/mol. The Balaban J connectivity index is 1.89. The standard InChI is InChI=1S/C16H21NO3/c1-16(2)13(10-14(16)18)17-15(19)9-6-11-4-7-12(20-3)8-5-11/h4-9,13-14,18H,10H2,1-3H3,(H,17,19)/b9-6+. The first kappa shape index (κ1) is 14.6. The minimum atomic E-state index is -0.335. The van der Waals surface area contributed by atoms with Gasteiger partial charge in [-0.3, -0.25) is 4.79 Å². The molecule has 0 bridgehead atoms. The molecule has 1 amide bonds. The Morgan fingerprint density at radius 2 is 2.05 bits per heavy atom. The Bertz CT molecular complexity index is 505. The van der Waals surface area contributed by atoms with Crippen LogP contribution in [-0.2, 0) is 4.79 Å². The zero-order valence-corrected chi connectivity index (χ0v) is 12.1. The highest BCUT2D eigenvalue weighted by molar-refractivity contribution is 5.92. The van der Waals surface area contributed by atoms with Crippen LogP contribution in [0, 0.1) is 5.41 Å². The molecular weight excluding hydrogens is 254 g/mol. The van der Waals surface area contributed by atoms with E-state index in [1.54, 1.807) is 13.2 Å². The van der Waals surface area contributed by atoms with Crippen LogP contribution in [0.3, 0.4) is 0 Å². The topological polar surface area (TPSA) is 58.6 Å². The molecule has 0 heterocycles. The Morgan fingerprint density at radius 3 is 2.55 bits per heavy atom. The number of carbonyl (C=O) groups excluding carboxylic acids is 1. The molecular formula is C16H21NO3. The van der Waals surface area contributed by atoms with Crippen LogP contribution in [0.1, 0.15) is 25.8 Å². The molecule has 1 aliphatic carbocycles. The van der Waals surface area contributed by atoms with Crippen molar-refractivity contribution in [2.24, 2.45) is 5.41 Å². The Kier molecular flexibility index (Phi) is 4.14. The van der Waals surface area contributed by atoms with Gasteiger partial charge in [0.1, 0.15) is 5.75 Å². The lowest BCUT2D eigenvalue weighted by Gasteiger charge is -2.49. The number of benzene rings is 1. The van der Waals surface area contributed by atoms with Crippen LogP contribution >= 0.6 is 0 Å². The summed E-state index contributed by atoms with van der Waals surface area (Å²) in [5.74, 6) is 0.655. The highest BCUT2D eigenvalue weighted by atomic mass is 16.5. The molecule has 0 aromatic heterocycles. The summed E-state index contributed by atoms with van der Waals surface area (Å²) < 4.78 is 5.08. The van der Waals surface area contributed by atoms with E-state index in [0.29, 0.717) is 6.42 Å². The fraction of sp³-hybridized carbons (Fsp3) is 0.438. The fourth-order valence-corrected chi connectivity index (χ4v) is 2.25. The molecule has 1 fully saturated rings. The van der Waals surface area contributed by atoms with Crippen LogP contribution in [0.5, 0.6) is 5.75 Å². The van der Waals surface area contributed by atoms with Gasteiger partial charge in [-0.15, -0.1) is 0 Å². The van der Waals surface area contributed by atoms with Gasteiger partial charge in [0.15, 0.2) is 0 Å². The van der Waals surface area contributed by atoms with E-state index in [2.05, 4.69) is 5.32 Å². The maximum Gasteiger partial charge on any atom is 0.244 e. The molecule has 2 N–H and O–H groups in total. The summed E-state index contributed by atoms with van der Waals surface area (Å²) in [7, 11) is 1.62. The van der Waals surface area contributed by atoms with E-state index in [9.17, 15) is 9.90 Å². The van der Waals surface area contributed by atoms with Crippen molar-refractivity contribution in [3.63, 3.8) is 0 Å². The minimum Gasteiger partial charge on any atom is -0.497 e. The highest BCUT2D eigenvalue weighted by Gasteiger charge is 2.47. The van der Waals surface area contributed by atoms with Crippen LogP contribution in [0.25, 0.3) is 6.08 Å². The lowest BCUT2D eigenvalue weighted by atomic mass is 9.64. The molecule has 108 valence electrons. The molecule has 0 spiro atoms. The molecule has 1 aliphatic rings. The van der Waals surface area contributed by atoms with Crippen molar-refractivity contribution in [1.29, 1.82) is 0 Å². The van der Waals surface area contributed by atoms with Crippen molar-refractivity contribution in [3.05, 3.63) is 35.9 Å². The van der Waals surface area contributed by atoms with Crippen molar-refractivity contribution < 1.29 is 14.6 Å². The molecule has 2 unspecified atom stereocenters. The van der Waals surface area contributed by atoms with Crippen molar-refractivity contribution in [1.82, 2.24) is 5.32 Å². The lowest BCUT2D eigenvalue weighted by Crippen LogP contribution is -2.60. The van der Waals surface area contributed by atoms with Crippen molar-refractivity contribution in [3.8, 4) is 5.75 Å². The number of nitrogens with one attached hydrogen (secondary N) is 1. The molecule has 4 heteroatoms. The van der Waals surface area contributed by atoms with Gasteiger partial charge in [0, 0.05) is 17.5 Å². The van der Waals surface area contributed by atoms with Crippen molar-refractivity contribution >= 4 is 12.0 Å². The van der Waals surface area contributed by atoms with Crippen molar-refractivity contribution in [2.45, 2.75) is 32.4 Å². The molecule has 0 radical (unpaired) electrons. The third-order valence-corrected chi connectivity index (χ3v) is 4.08. The van der Waals surface area contributed by atoms with Crippen LogP contribution in [-0.4, -0.2) is 30.3 Å². The number of aliphatic hydroxyl groups excluding tert-OH is 1. The minimum absolute atomic E-state index is 0.0329. The molecule has 2 atom stereocenters. The Labute approximate surface area is 119 Å². The SMILES string of the molecule is COc1ccc(/C=C/C(=O)NC2CC(O)C2(C)C)cc1. The zero-order valence-electron chi connectivity index (χ0n) is 12.1. The summed E-state index contributed by atoms with van der Waals surface area (Å²) >= 11 is 0. The third kappa shape index (κ3) is 3.02. The molecule has 0 saturated heterocycles. The van der Waals surface area contributed by atoms with Gasteiger partial charge in [-0.1, -0.05) is 26.0 Å². The van der Waals surface area contributed by atoms with E-state index in [-0.39, 0.29) is 23.5 Å². The van der Waals surface area contributed by atoms with Gasteiger partial charge in [0.2, 0.25) is 5.91 Å². The Morgan fingerprint density at radius 1 is 1.40 bits per heavy atom. The van der Waals surface area contributed by atoms with Gasteiger partial charge in [-0.2, -0.15) is 0 Å². The second-order valence-corrected chi connectivity index (χ2v) is 5.74. The molecule has 1 aromatic carbocycles. The highest BCUT2D eigenvalue weighted by Crippen LogP contribution is 2.40. The first-order chi connectivity index (χ1) is 9.43. The molecule has 1 saturated carbocycles. The third-order valence-electron chi connectivity index (χ3n) is 4.08. The lowest BCUT2D eigenvalue weighted by molar-refractivity contribution is -0.124. The number of ether oxygens (including phenoxy) is 1. The summed E-state index contributed by atoms with van der Waals surface area (Å²) in [6.07, 6.45) is 3.56. The number of aliphatic hydroxyl groups is 1. The van der Waals surface area contributed by atoms with Crippen LogP contribution in [0.4, 0.5) is 0 Å². The van der Waals surface area contributed by atoms with Gasteiger partial charge in [0.25, 0.3) is 0 Å². The van der Waals surface area contributed by atoms with Crippen LogP contribution in [0.2, 0.25) is 0 Å². The molecule has 4 nitrogen and oxygen atoms in total. The predicted octanol–water partition coefficient (Wildman–Crippen LogP) is 1.98. The average molecular weight is 275 g/mol. The number of rotatable bonds is 4. The fourth-order valence-electron chi connectivity index (χ4n) is 2.25. The second-order valence-electron chi connectivity index (χ2n) is 5.74. The number of carbonyl (C=O) groups is 1. The van der Waals surface area contributed by atoms with E-state index in [1.807, 2.05) is 38.1 Å². The van der Waals surface area contributed by atoms with E-state index in [4.69, 9.17) is 4.74 Å². The smallest absolute Gasteiger partial charge is 0.244 e. The summed E-state index contributed by atoms with van der Waals surface area (Å²) in [4.78, 5) is 11.8. The average Bonchev–Trinajstić information content (AvgIpc) is 2.45. The molecule has 1 aromatic rings. The zero-order chi connectivity index (χ0) is 14.8. The molecule has 20 heavy (non-hydrogen) atoms. The first-order valence-corrected chi connectivity index (χ1v) is 6.74. The maximum absolute atomic E-state index is 11.8. The van der Waals surface area contributed by atoms with E-state index >= 15 is 0 Å². The summed E-state index contributed by atoms with van der Waals surface area (Å²) in [5, 5.41) is 12.6.